The van der Waals surface area contributed by atoms with Crippen molar-refractivity contribution in [2.24, 2.45) is 4.99 Å². The number of halogens is 1. The van der Waals surface area contributed by atoms with Gasteiger partial charge in [-0.2, -0.15) is 4.99 Å². The summed E-state index contributed by atoms with van der Waals surface area (Å²) >= 11 is 4.50. The molecule has 7 nitrogen and oxygen atoms in total. The summed E-state index contributed by atoms with van der Waals surface area (Å²) in [5.41, 5.74) is 2.87. The Kier molecular flexibility index (Phi) is 11.7. The molecule has 224 valence electrons. The number of rotatable bonds is 11. The van der Waals surface area contributed by atoms with E-state index < -0.39 is 11.8 Å². The fraction of sp³-hybridized carbons (Fsp3) is 0.143. The van der Waals surface area contributed by atoms with E-state index in [4.69, 9.17) is 4.74 Å². The average molecular weight is 671 g/mol. The monoisotopic (exact) mass is 669 g/mol. The molecule has 0 spiro atoms. The Hall–Kier alpha value is -4.47. The van der Waals surface area contributed by atoms with Crippen LogP contribution in [0.2, 0.25) is 0 Å². The van der Waals surface area contributed by atoms with Gasteiger partial charge in [-0.3, -0.25) is 19.3 Å². The SMILES string of the molecule is C=C/C=C\C(=C/C)N1C(=O)/C(=C/c2ccc(OCC)c(Br)c2)C(=O)N=C1SCC(=O)NC(c1ccccc1)c1ccccc1. The first kappa shape index (κ1) is 32.4. The summed E-state index contributed by atoms with van der Waals surface area (Å²) in [6, 6.07) is 24.3. The summed E-state index contributed by atoms with van der Waals surface area (Å²) in [4.78, 5) is 46.0. The molecule has 9 heteroatoms. The van der Waals surface area contributed by atoms with Crippen LogP contribution in [0, 0.1) is 0 Å². The molecule has 3 aromatic carbocycles. The number of nitrogens with one attached hydrogen (secondary N) is 1. The Morgan fingerprint density at radius 3 is 2.30 bits per heavy atom. The van der Waals surface area contributed by atoms with Crippen LogP contribution in [0.3, 0.4) is 0 Å². The van der Waals surface area contributed by atoms with Gasteiger partial charge in [-0.1, -0.05) is 103 Å². The predicted octanol–water partition coefficient (Wildman–Crippen LogP) is 7.24. The average Bonchev–Trinajstić information content (AvgIpc) is 3.04. The Labute approximate surface area is 270 Å². The summed E-state index contributed by atoms with van der Waals surface area (Å²) in [5.74, 6) is -0.932. The molecule has 1 N–H and O–H groups in total. The third-order valence-corrected chi connectivity index (χ3v) is 8.04. The fourth-order valence-corrected chi connectivity index (χ4v) is 5.76. The van der Waals surface area contributed by atoms with Crippen LogP contribution in [0.4, 0.5) is 0 Å². The first-order chi connectivity index (χ1) is 21.4. The minimum Gasteiger partial charge on any atom is -0.493 e. The number of nitrogens with zero attached hydrogens (tertiary/aromatic N) is 2. The molecule has 0 saturated heterocycles. The largest absolute Gasteiger partial charge is 0.493 e. The number of carbonyl (C=O) groups is 3. The topological polar surface area (TPSA) is 88.1 Å². The summed E-state index contributed by atoms with van der Waals surface area (Å²) in [5, 5.41) is 3.20. The van der Waals surface area contributed by atoms with Gasteiger partial charge in [0, 0.05) is 5.70 Å². The number of ether oxygens (including phenoxy) is 1. The molecule has 3 aromatic rings. The highest BCUT2D eigenvalue weighted by molar-refractivity contribution is 9.10. The second-order valence-corrected chi connectivity index (χ2v) is 11.2. The number of hydrogen-bond donors (Lipinski definition) is 1. The van der Waals surface area contributed by atoms with Crippen molar-refractivity contribution in [3.8, 4) is 5.75 Å². The quantitative estimate of drug-likeness (QED) is 0.132. The van der Waals surface area contributed by atoms with Crippen LogP contribution in [0.5, 0.6) is 5.75 Å². The lowest BCUT2D eigenvalue weighted by Crippen LogP contribution is -2.42. The number of amidine groups is 1. The van der Waals surface area contributed by atoms with Gasteiger partial charge in [0.15, 0.2) is 5.17 Å². The number of allylic oxidation sites excluding steroid dienone is 4. The summed E-state index contributed by atoms with van der Waals surface area (Å²) in [7, 11) is 0. The molecule has 44 heavy (non-hydrogen) atoms. The van der Waals surface area contributed by atoms with Gasteiger partial charge in [-0.15, -0.1) is 0 Å². The number of carbonyl (C=O) groups excluding carboxylic acids is 3. The van der Waals surface area contributed by atoms with E-state index in [1.165, 1.54) is 11.0 Å². The van der Waals surface area contributed by atoms with Crippen molar-refractivity contribution in [3.63, 3.8) is 0 Å². The number of thioether (sulfide) groups is 1. The Morgan fingerprint density at radius 1 is 1.07 bits per heavy atom. The molecule has 0 aliphatic carbocycles. The van der Waals surface area contributed by atoms with E-state index in [1.807, 2.05) is 67.6 Å². The number of benzene rings is 3. The van der Waals surface area contributed by atoms with Crippen molar-refractivity contribution in [3.05, 3.63) is 142 Å². The molecule has 0 saturated carbocycles. The molecule has 1 aliphatic rings. The normalized spacial score (nSPS) is 14.7. The third kappa shape index (κ3) is 8.12. The third-order valence-electron chi connectivity index (χ3n) is 6.48. The number of aliphatic imine (C=N–C) groups is 1. The molecule has 0 radical (unpaired) electrons. The van der Waals surface area contributed by atoms with Crippen LogP contribution in [-0.2, 0) is 14.4 Å². The summed E-state index contributed by atoms with van der Waals surface area (Å²) < 4.78 is 6.26. The Balaban J connectivity index is 1.61. The van der Waals surface area contributed by atoms with E-state index in [-0.39, 0.29) is 28.4 Å². The molecule has 0 unspecified atom stereocenters. The van der Waals surface area contributed by atoms with E-state index >= 15 is 0 Å². The predicted molar refractivity (Wildman–Crippen MR) is 181 cm³/mol. The zero-order valence-corrected chi connectivity index (χ0v) is 26.8. The minimum atomic E-state index is -0.686. The highest BCUT2D eigenvalue weighted by atomic mass is 79.9. The smallest absolute Gasteiger partial charge is 0.285 e. The van der Waals surface area contributed by atoms with Gasteiger partial charge < -0.3 is 10.1 Å². The van der Waals surface area contributed by atoms with Crippen molar-refractivity contribution in [2.45, 2.75) is 19.9 Å². The van der Waals surface area contributed by atoms with Crippen molar-refractivity contribution >= 4 is 56.7 Å². The highest BCUT2D eigenvalue weighted by Crippen LogP contribution is 2.30. The van der Waals surface area contributed by atoms with Gasteiger partial charge in [-0.25, -0.2) is 0 Å². The van der Waals surface area contributed by atoms with Crippen LogP contribution < -0.4 is 10.1 Å². The summed E-state index contributed by atoms with van der Waals surface area (Å²) in [6.07, 6.45) is 8.20. The molecule has 0 bridgehead atoms. The molecule has 0 atom stereocenters. The van der Waals surface area contributed by atoms with Crippen LogP contribution in [0.1, 0.15) is 36.6 Å². The number of amides is 3. The van der Waals surface area contributed by atoms with Gasteiger partial charge in [0.05, 0.1) is 22.9 Å². The molecular weight excluding hydrogens is 638 g/mol. The Morgan fingerprint density at radius 2 is 1.73 bits per heavy atom. The molecule has 0 aromatic heterocycles. The lowest BCUT2D eigenvalue weighted by molar-refractivity contribution is -0.126. The van der Waals surface area contributed by atoms with Crippen molar-refractivity contribution < 1.29 is 19.1 Å². The fourth-order valence-electron chi connectivity index (χ4n) is 4.44. The van der Waals surface area contributed by atoms with Crippen LogP contribution in [0.15, 0.2) is 130 Å². The van der Waals surface area contributed by atoms with Crippen LogP contribution >= 0.6 is 27.7 Å². The maximum Gasteiger partial charge on any atom is 0.285 e. The maximum atomic E-state index is 13.9. The zero-order valence-electron chi connectivity index (χ0n) is 24.4. The van der Waals surface area contributed by atoms with Crippen LogP contribution in [0.25, 0.3) is 6.08 Å². The first-order valence-electron chi connectivity index (χ1n) is 13.9. The highest BCUT2D eigenvalue weighted by Gasteiger charge is 2.35. The van der Waals surface area contributed by atoms with E-state index in [0.29, 0.717) is 28.1 Å². The van der Waals surface area contributed by atoms with Crippen LogP contribution in [-0.4, -0.2) is 40.1 Å². The molecule has 1 aliphatic heterocycles. The summed E-state index contributed by atoms with van der Waals surface area (Å²) in [6.45, 7) is 7.88. The van der Waals surface area contributed by atoms with Gasteiger partial charge in [0.1, 0.15) is 11.3 Å². The van der Waals surface area contributed by atoms with E-state index in [2.05, 4.69) is 32.8 Å². The zero-order chi connectivity index (χ0) is 31.5. The Bertz CT molecular complexity index is 1610. The van der Waals surface area contributed by atoms with Gasteiger partial charge >= 0.3 is 0 Å². The molecule has 1 heterocycles. The van der Waals surface area contributed by atoms with Gasteiger partial charge in [-0.05, 0) is 70.8 Å². The lowest BCUT2D eigenvalue weighted by Gasteiger charge is -2.28. The standard InChI is InChI=1S/C35H32BrN3O4S/c1-4-7-18-27(5-2)39-34(42)28(21-24-19-20-30(43-6-3)29(36)22-24)33(41)38-35(39)44-23-31(40)37-32(25-14-10-8-11-15-25)26-16-12-9-13-17-26/h4-5,7-22,32H,1,6,23H2,2-3H3,(H,37,40)/b18-7-,27-5+,28-21+. The lowest BCUT2D eigenvalue weighted by atomic mass is 9.99. The molecule has 3 amide bonds. The molecule has 0 fully saturated rings. The molecule has 4 rings (SSSR count). The van der Waals surface area contributed by atoms with Crippen molar-refractivity contribution in [1.82, 2.24) is 10.2 Å². The maximum absolute atomic E-state index is 13.9. The molecular formula is C35H32BrN3O4S. The van der Waals surface area contributed by atoms with E-state index in [1.54, 1.807) is 49.4 Å². The van der Waals surface area contributed by atoms with E-state index in [9.17, 15) is 14.4 Å². The minimum absolute atomic E-state index is 0.0703. The van der Waals surface area contributed by atoms with Gasteiger partial charge in [0.25, 0.3) is 11.8 Å². The van der Waals surface area contributed by atoms with Gasteiger partial charge in [0.2, 0.25) is 5.91 Å². The van der Waals surface area contributed by atoms with Crippen molar-refractivity contribution in [1.29, 1.82) is 0 Å². The first-order valence-corrected chi connectivity index (χ1v) is 15.7. The van der Waals surface area contributed by atoms with E-state index in [0.717, 1.165) is 22.9 Å². The second kappa shape index (κ2) is 15.8. The van der Waals surface area contributed by atoms with Crippen molar-refractivity contribution in [2.75, 3.05) is 12.4 Å². The second-order valence-electron chi connectivity index (χ2n) is 9.44. The number of hydrogen-bond acceptors (Lipinski definition) is 5.